The van der Waals surface area contributed by atoms with E-state index in [-0.39, 0.29) is 18.2 Å². The van der Waals surface area contributed by atoms with E-state index in [4.69, 9.17) is 14.2 Å². The fourth-order valence-corrected chi connectivity index (χ4v) is 1.84. The van der Waals surface area contributed by atoms with E-state index in [2.05, 4.69) is 5.32 Å². The molecule has 1 rings (SSSR count). The van der Waals surface area contributed by atoms with E-state index in [0.717, 1.165) is 25.9 Å². The molecule has 0 aliphatic heterocycles. The van der Waals surface area contributed by atoms with E-state index >= 15 is 0 Å². The minimum Gasteiger partial charge on any atom is -0.464 e. The molecule has 0 aromatic rings. The summed E-state index contributed by atoms with van der Waals surface area (Å²) in [5, 5.41) is 3.28. The van der Waals surface area contributed by atoms with Crippen molar-refractivity contribution >= 4 is 5.97 Å². The number of carbonyl (C=O) groups is 1. The summed E-state index contributed by atoms with van der Waals surface area (Å²) in [6.07, 6.45) is 3.50. The van der Waals surface area contributed by atoms with Gasteiger partial charge in [0, 0.05) is 20.2 Å². The summed E-state index contributed by atoms with van der Waals surface area (Å²) in [5.74, 6) is -0.306. The molecule has 0 amide bonds. The van der Waals surface area contributed by atoms with E-state index in [1.54, 1.807) is 14.0 Å². The van der Waals surface area contributed by atoms with Crippen molar-refractivity contribution in [3.8, 4) is 0 Å². The highest BCUT2D eigenvalue weighted by Gasteiger charge is 2.36. The fourth-order valence-electron chi connectivity index (χ4n) is 1.84. The van der Waals surface area contributed by atoms with E-state index in [9.17, 15) is 4.79 Å². The van der Waals surface area contributed by atoms with Crippen LogP contribution in [0.2, 0.25) is 0 Å². The molecule has 0 aromatic heterocycles. The van der Waals surface area contributed by atoms with Crippen LogP contribution in [0.15, 0.2) is 0 Å². The molecule has 0 heterocycles. The number of nitrogens with one attached hydrogen (secondary N) is 1. The molecule has 0 bridgehead atoms. The van der Waals surface area contributed by atoms with Crippen LogP contribution in [0.4, 0.5) is 0 Å². The zero-order valence-corrected chi connectivity index (χ0v) is 10.8. The van der Waals surface area contributed by atoms with Crippen LogP contribution in [-0.4, -0.2) is 51.6 Å². The van der Waals surface area contributed by atoms with Crippen LogP contribution < -0.4 is 5.32 Å². The first-order valence-electron chi connectivity index (χ1n) is 6.22. The molecule has 1 fully saturated rings. The Morgan fingerprint density at radius 2 is 2.18 bits per heavy atom. The van der Waals surface area contributed by atoms with Crippen LogP contribution in [0.1, 0.15) is 26.2 Å². The minimum atomic E-state index is -0.306. The standard InChI is InChI=1S/C12H23NO4/c1-3-17-11(14)9-16-8-7-13-10-12(15-2)5-4-6-12/h13H,3-10H2,1-2H3. The quantitative estimate of drug-likeness (QED) is 0.479. The SMILES string of the molecule is CCOC(=O)COCCNCC1(OC)CCC1. The van der Waals surface area contributed by atoms with Crippen LogP contribution in [0.3, 0.4) is 0 Å². The highest BCUT2D eigenvalue weighted by Crippen LogP contribution is 2.34. The number of hydrogen-bond donors (Lipinski definition) is 1. The Bertz CT molecular complexity index is 223. The first-order chi connectivity index (χ1) is 8.22. The van der Waals surface area contributed by atoms with Crippen molar-refractivity contribution in [1.82, 2.24) is 5.32 Å². The predicted molar refractivity (Wildman–Crippen MR) is 63.9 cm³/mol. The van der Waals surface area contributed by atoms with Gasteiger partial charge in [0.1, 0.15) is 6.61 Å². The van der Waals surface area contributed by atoms with Gasteiger partial charge in [0.2, 0.25) is 0 Å². The maximum absolute atomic E-state index is 10.9. The molecule has 0 radical (unpaired) electrons. The third kappa shape index (κ3) is 5.02. The van der Waals surface area contributed by atoms with Crippen molar-refractivity contribution in [2.45, 2.75) is 31.8 Å². The van der Waals surface area contributed by atoms with Crippen molar-refractivity contribution in [2.75, 3.05) is 40.0 Å². The summed E-state index contributed by atoms with van der Waals surface area (Å²) in [6, 6.07) is 0. The van der Waals surface area contributed by atoms with Gasteiger partial charge in [-0.1, -0.05) is 0 Å². The first kappa shape index (κ1) is 14.4. The second-order valence-corrected chi connectivity index (χ2v) is 4.28. The van der Waals surface area contributed by atoms with Crippen molar-refractivity contribution < 1.29 is 19.0 Å². The van der Waals surface area contributed by atoms with Gasteiger partial charge in [0.15, 0.2) is 0 Å². The van der Waals surface area contributed by atoms with Gasteiger partial charge < -0.3 is 19.5 Å². The second-order valence-electron chi connectivity index (χ2n) is 4.28. The molecule has 0 spiro atoms. The van der Waals surface area contributed by atoms with Crippen LogP contribution >= 0.6 is 0 Å². The van der Waals surface area contributed by atoms with Crippen molar-refractivity contribution in [3.63, 3.8) is 0 Å². The maximum atomic E-state index is 10.9. The lowest BCUT2D eigenvalue weighted by molar-refractivity contribution is -0.148. The summed E-state index contributed by atoms with van der Waals surface area (Å²) in [7, 11) is 1.76. The van der Waals surface area contributed by atoms with Gasteiger partial charge in [-0.15, -0.1) is 0 Å². The Hall–Kier alpha value is -0.650. The van der Waals surface area contributed by atoms with E-state index < -0.39 is 0 Å². The van der Waals surface area contributed by atoms with Crippen LogP contribution in [0.25, 0.3) is 0 Å². The number of hydrogen-bond acceptors (Lipinski definition) is 5. The zero-order chi connectivity index (χ0) is 12.6. The van der Waals surface area contributed by atoms with Gasteiger partial charge in [0.25, 0.3) is 0 Å². The monoisotopic (exact) mass is 245 g/mol. The van der Waals surface area contributed by atoms with Gasteiger partial charge in [0.05, 0.1) is 18.8 Å². The molecule has 0 aromatic carbocycles. The van der Waals surface area contributed by atoms with E-state index in [1.165, 1.54) is 6.42 Å². The van der Waals surface area contributed by atoms with Crippen LogP contribution in [-0.2, 0) is 19.0 Å². The summed E-state index contributed by atoms with van der Waals surface area (Å²) in [4.78, 5) is 10.9. The van der Waals surface area contributed by atoms with E-state index in [0.29, 0.717) is 13.2 Å². The zero-order valence-electron chi connectivity index (χ0n) is 10.8. The van der Waals surface area contributed by atoms with Crippen molar-refractivity contribution in [1.29, 1.82) is 0 Å². The van der Waals surface area contributed by atoms with Crippen LogP contribution in [0.5, 0.6) is 0 Å². The normalized spacial score (nSPS) is 17.5. The Balaban J connectivity index is 1.92. The number of esters is 1. The highest BCUT2D eigenvalue weighted by atomic mass is 16.6. The molecular weight excluding hydrogens is 222 g/mol. The van der Waals surface area contributed by atoms with Gasteiger partial charge in [-0.3, -0.25) is 0 Å². The Kier molecular flexibility index (Phi) is 6.47. The Morgan fingerprint density at radius 1 is 1.41 bits per heavy atom. The third-order valence-electron chi connectivity index (χ3n) is 3.09. The smallest absolute Gasteiger partial charge is 0.332 e. The summed E-state index contributed by atoms with van der Waals surface area (Å²) >= 11 is 0. The highest BCUT2D eigenvalue weighted by molar-refractivity contribution is 5.70. The third-order valence-corrected chi connectivity index (χ3v) is 3.09. The summed E-state index contributed by atoms with van der Waals surface area (Å²) in [5.41, 5.74) is 0.0428. The Morgan fingerprint density at radius 3 is 2.71 bits per heavy atom. The first-order valence-corrected chi connectivity index (χ1v) is 6.22. The molecule has 0 unspecified atom stereocenters. The molecule has 100 valence electrons. The lowest BCUT2D eigenvalue weighted by Crippen LogP contribution is -2.48. The maximum Gasteiger partial charge on any atom is 0.332 e. The summed E-state index contributed by atoms with van der Waals surface area (Å²) < 4.78 is 15.4. The van der Waals surface area contributed by atoms with Crippen molar-refractivity contribution in [2.24, 2.45) is 0 Å². The number of carbonyl (C=O) groups excluding carboxylic acids is 1. The molecule has 0 saturated heterocycles. The predicted octanol–water partition coefficient (Wildman–Crippen LogP) is 0.725. The molecular formula is C12H23NO4. The molecule has 5 nitrogen and oxygen atoms in total. The molecule has 1 aliphatic carbocycles. The Labute approximate surface area is 103 Å². The van der Waals surface area contributed by atoms with Crippen molar-refractivity contribution in [3.05, 3.63) is 0 Å². The molecule has 1 saturated carbocycles. The van der Waals surface area contributed by atoms with Gasteiger partial charge in [-0.2, -0.15) is 0 Å². The molecule has 17 heavy (non-hydrogen) atoms. The topological polar surface area (TPSA) is 56.8 Å². The van der Waals surface area contributed by atoms with Gasteiger partial charge in [-0.05, 0) is 26.2 Å². The van der Waals surface area contributed by atoms with E-state index in [1.807, 2.05) is 0 Å². The number of rotatable bonds is 9. The number of ether oxygens (including phenoxy) is 3. The van der Waals surface area contributed by atoms with Gasteiger partial charge >= 0.3 is 5.97 Å². The molecule has 1 N–H and O–H groups in total. The summed E-state index contributed by atoms with van der Waals surface area (Å²) in [6.45, 7) is 4.30. The second kappa shape index (κ2) is 7.63. The average molecular weight is 245 g/mol. The number of methoxy groups -OCH3 is 1. The fraction of sp³-hybridized carbons (Fsp3) is 0.917. The van der Waals surface area contributed by atoms with Crippen LogP contribution in [0, 0.1) is 0 Å². The lowest BCUT2D eigenvalue weighted by atomic mass is 9.80. The lowest BCUT2D eigenvalue weighted by Gasteiger charge is -2.40. The molecule has 5 heteroatoms. The average Bonchev–Trinajstić information content (AvgIpc) is 2.26. The molecule has 0 atom stereocenters. The molecule has 1 aliphatic rings. The largest absolute Gasteiger partial charge is 0.464 e. The minimum absolute atomic E-state index is 0.0327. The van der Waals surface area contributed by atoms with Gasteiger partial charge in [-0.25, -0.2) is 4.79 Å².